The number of fused-ring (bicyclic) bond motifs is 2. The fourth-order valence-electron chi connectivity index (χ4n) is 11.5. The monoisotopic (exact) mass is 835 g/mol. The SMILES string of the molecule is [C-]#[N+]c1ccc(OC2C(C)(C)C(N3Cc4cc(N5CCC(CN6CCN(c7cc8c(cc7F)C(=O)N(C7CCC(=O)NC7=O)C8)CC6)CC5)ccc4C3=O)C2(C)C)cc1Cl. The number of hydrogen-bond acceptors (Lipinski definition) is 8. The Hall–Kier alpha value is -5.19. The molecule has 1 aliphatic carbocycles. The molecule has 60 heavy (non-hydrogen) atoms. The van der Waals surface area contributed by atoms with E-state index in [0.717, 1.165) is 62.4 Å². The van der Waals surface area contributed by atoms with Gasteiger partial charge in [0.25, 0.3) is 11.8 Å². The molecule has 4 fully saturated rings. The van der Waals surface area contributed by atoms with Crippen LogP contribution >= 0.6 is 11.6 Å². The average molecular weight is 836 g/mol. The van der Waals surface area contributed by atoms with Gasteiger partial charge in [0.2, 0.25) is 17.5 Å². The molecule has 0 aromatic heterocycles. The minimum absolute atomic E-state index is 0.0372. The third kappa shape index (κ3) is 6.85. The van der Waals surface area contributed by atoms with Gasteiger partial charge in [0.15, 0.2) is 0 Å². The minimum atomic E-state index is -0.729. The van der Waals surface area contributed by atoms with Crippen LogP contribution in [-0.4, -0.2) is 102 Å². The molecule has 12 nitrogen and oxygen atoms in total. The molecule has 1 saturated carbocycles. The van der Waals surface area contributed by atoms with Crippen LogP contribution in [-0.2, 0) is 22.7 Å². The summed E-state index contributed by atoms with van der Waals surface area (Å²) in [5.41, 5.74) is 4.21. The number of carbonyl (C=O) groups is 4. The molecule has 14 heteroatoms. The van der Waals surface area contributed by atoms with Crippen molar-refractivity contribution in [1.29, 1.82) is 0 Å². The highest BCUT2D eigenvalue weighted by atomic mass is 35.5. The number of anilines is 2. The first-order valence-electron chi connectivity index (χ1n) is 21.1. The number of imide groups is 1. The number of halogens is 2. The van der Waals surface area contributed by atoms with E-state index < -0.39 is 17.8 Å². The molecule has 4 amide bonds. The molecule has 0 radical (unpaired) electrons. The molecule has 9 rings (SSSR count). The number of rotatable bonds is 8. The first-order chi connectivity index (χ1) is 28.6. The van der Waals surface area contributed by atoms with Crippen LogP contribution in [0.4, 0.5) is 21.5 Å². The number of piperidine rings is 2. The highest BCUT2D eigenvalue weighted by molar-refractivity contribution is 6.33. The summed E-state index contributed by atoms with van der Waals surface area (Å²) < 4.78 is 22.0. The number of ether oxygens (including phenoxy) is 1. The zero-order valence-electron chi connectivity index (χ0n) is 34.6. The summed E-state index contributed by atoms with van der Waals surface area (Å²) in [4.78, 5) is 65.1. The van der Waals surface area contributed by atoms with Crippen LogP contribution in [0.2, 0.25) is 5.02 Å². The van der Waals surface area contributed by atoms with Gasteiger partial charge in [-0.2, -0.15) is 0 Å². The topological polar surface area (TPSA) is 110 Å². The zero-order valence-corrected chi connectivity index (χ0v) is 35.4. The Bertz CT molecular complexity index is 2310. The van der Waals surface area contributed by atoms with Gasteiger partial charge >= 0.3 is 0 Å². The first-order valence-corrected chi connectivity index (χ1v) is 21.5. The Morgan fingerprint density at radius 2 is 1.50 bits per heavy atom. The number of benzene rings is 3. The molecule has 5 heterocycles. The van der Waals surface area contributed by atoms with E-state index in [-0.39, 0.29) is 65.6 Å². The molecule has 3 aromatic carbocycles. The first kappa shape index (κ1) is 40.2. The molecule has 0 bridgehead atoms. The van der Waals surface area contributed by atoms with E-state index in [0.29, 0.717) is 53.3 Å². The van der Waals surface area contributed by atoms with E-state index in [4.69, 9.17) is 22.9 Å². The summed E-state index contributed by atoms with van der Waals surface area (Å²) in [5.74, 6) is -0.372. The van der Waals surface area contributed by atoms with Gasteiger partial charge in [-0.15, -0.1) is 0 Å². The Morgan fingerprint density at radius 3 is 2.18 bits per heavy atom. The standard InChI is InChI=1S/C46H51ClFN7O5/c1-45(2)43(46(3,4)44(45)60-31-7-9-36(49-5)34(47)22-31)55-26-28-20-30(6-8-32(28)41(55)58)52-14-12-27(13-15-52)24-51-16-18-53(19-17-51)38-21-29-25-54(42(59)33(29)23-35(38)48)37-10-11-39(56)50-40(37)57/h6-9,20-23,27,37,43-44H,10-19,24-26H2,1-4H3,(H,50,56,57). The summed E-state index contributed by atoms with van der Waals surface area (Å²) >= 11 is 6.32. The maximum Gasteiger partial charge on any atom is 0.255 e. The number of carbonyl (C=O) groups excluding carboxylic acids is 4. The van der Waals surface area contributed by atoms with Crippen molar-refractivity contribution in [1.82, 2.24) is 20.0 Å². The summed E-state index contributed by atoms with van der Waals surface area (Å²) in [6, 6.07) is 13.8. The van der Waals surface area contributed by atoms with Crippen molar-refractivity contribution in [3.05, 3.63) is 93.0 Å². The second-order valence-corrected chi connectivity index (χ2v) is 19.0. The number of nitrogens with one attached hydrogen (secondary N) is 1. The molecule has 5 aliphatic heterocycles. The molecule has 314 valence electrons. The molecule has 1 N–H and O–H groups in total. The Balaban J connectivity index is 0.768. The average Bonchev–Trinajstić information content (AvgIpc) is 3.70. The molecule has 1 unspecified atom stereocenters. The highest BCUT2D eigenvalue weighted by Gasteiger charge is 2.67. The molecular formula is C46H51ClFN7O5. The third-order valence-corrected chi connectivity index (χ3v) is 14.4. The van der Waals surface area contributed by atoms with Gasteiger partial charge < -0.3 is 24.3 Å². The lowest BCUT2D eigenvalue weighted by Gasteiger charge is -2.65. The lowest BCUT2D eigenvalue weighted by Crippen LogP contribution is -2.74. The largest absolute Gasteiger partial charge is 0.489 e. The minimum Gasteiger partial charge on any atom is -0.489 e. The summed E-state index contributed by atoms with van der Waals surface area (Å²) in [7, 11) is 0. The number of hydrogen-bond donors (Lipinski definition) is 1. The van der Waals surface area contributed by atoms with Crippen molar-refractivity contribution in [3.8, 4) is 5.75 Å². The maximum atomic E-state index is 15.5. The molecule has 3 saturated heterocycles. The van der Waals surface area contributed by atoms with Crippen molar-refractivity contribution >= 4 is 52.3 Å². The van der Waals surface area contributed by atoms with Gasteiger partial charge in [-0.3, -0.25) is 29.4 Å². The van der Waals surface area contributed by atoms with E-state index in [9.17, 15) is 19.2 Å². The second kappa shape index (κ2) is 15.1. The Kier molecular flexibility index (Phi) is 10.1. The molecule has 3 aromatic rings. The van der Waals surface area contributed by atoms with Crippen LogP contribution in [0.1, 0.15) is 85.2 Å². The lowest BCUT2D eigenvalue weighted by molar-refractivity contribution is -0.199. The molecule has 1 atom stereocenters. The third-order valence-electron chi connectivity index (χ3n) is 14.1. The van der Waals surface area contributed by atoms with Crippen LogP contribution in [0.25, 0.3) is 4.85 Å². The Morgan fingerprint density at radius 1 is 0.817 bits per heavy atom. The van der Waals surface area contributed by atoms with Crippen LogP contribution < -0.4 is 19.9 Å². The fourth-order valence-corrected chi connectivity index (χ4v) is 11.7. The predicted octanol–water partition coefficient (Wildman–Crippen LogP) is 6.67. The molecule has 0 spiro atoms. The van der Waals surface area contributed by atoms with Crippen LogP contribution in [0, 0.1) is 29.1 Å². The van der Waals surface area contributed by atoms with Crippen molar-refractivity contribution in [2.45, 2.75) is 84.7 Å². The van der Waals surface area contributed by atoms with Gasteiger partial charge in [0.1, 0.15) is 23.7 Å². The van der Waals surface area contributed by atoms with Crippen LogP contribution in [0.3, 0.4) is 0 Å². The fraction of sp³-hybridized carbons (Fsp3) is 0.500. The van der Waals surface area contributed by atoms with Gasteiger partial charge in [-0.25, -0.2) is 9.24 Å². The van der Waals surface area contributed by atoms with Crippen LogP contribution in [0.5, 0.6) is 5.75 Å². The smallest absolute Gasteiger partial charge is 0.255 e. The van der Waals surface area contributed by atoms with Gasteiger partial charge in [-0.1, -0.05) is 45.4 Å². The van der Waals surface area contributed by atoms with Gasteiger partial charge in [-0.05, 0) is 78.8 Å². The maximum absolute atomic E-state index is 15.5. The van der Waals surface area contributed by atoms with Gasteiger partial charge in [0.05, 0.1) is 17.3 Å². The number of nitrogens with zero attached hydrogens (tertiary/aromatic N) is 6. The van der Waals surface area contributed by atoms with Crippen molar-refractivity contribution < 1.29 is 28.3 Å². The highest BCUT2D eigenvalue weighted by Crippen LogP contribution is 2.59. The summed E-state index contributed by atoms with van der Waals surface area (Å²) in [5, 5.41) is 2.68. The van der Waals surface area contributed by atoms with Crippen LogP contribution in [0.15, 0.2) is 48.5 Å². The van der Waals surface area contributed by atoms with E-state index in [1.165, 1.54) is 11.0 Å². The zero-order chi connectivity index (χ0) is 42.2. The number of piperazine rings is 1. The van der Waals surface area contributed by atoms with E-state index in [2.05, 4.69) is 64.7 Å². The van der Waals surface area contributed by atoms with E-state index in [1.807, 2.05) is 11.0 Å². The number of amides is 4. The van der Waals surface area contributed by atoms with E-state index in [1.54, 1.807) is 24.3 Å². The van der Waals surface area contributed by atoms with Gasteiger partial charge in [0, 0.05) is 99.0 Å². The normalized spacial score (nSPS) is 25.2. The van der Waals surface area contributed by atoms with E-state index >= 15 is 4.39 Å². The Labute approximate surface area is 355 Å². The predicted molar refractivity (Wildman–Crippen MR) is 226 cm³/mol. The molecule has 6 aliphatic rings. The molecular weight excluding hydrogens is 785 g/mol. The second-order valence-electron chi connectivity index (χ2n) is 18.6. The van der Waals surface area contributed by atoms with Crippen molar-refractivity contribution in [2.24, 2.45) is 16.7 Å². The summed E-state index contributed by atoms with van der Waals surface area (Å²) in [6.45, 7) is 22.6. The van der Waals surface area contributed by atoms with Crippen molar-refractivity contribution in [2.75, 3.05) is 55.6 Å². The van der Waals surface area contributed by atoms with Crippen molar-refractivity contribution in [3.63, 3.8) is 0 Å². The quantitative estimate of drug-likeness (QED) is 0.198. The summed E-state index contributed by atoms with van der Waals surface area (Å²) in [6.07, 6.45) is 2.42. The lowest BCUT2D eigenvalue weighted by atomic mass is 9.49.